The zero-order chi connectivity index (χ0) is 20.4. The van der Waals surface area contributed by atoms with Crippen molar-refractivity contribution in [1.29, 1.82) is 0 Å². The SMILES string of the molecule is CCc1ccccc1NC(=O)[C@@H]1CC(=O)Nc2nc(N3CCCCC3)nc(N)c21. The standard InChI is InChI=1S/C21H26N6O2/c1-2-13-8-4-5-9-15(13)23-20(29)14-12-16(28)24-19-17(14)18(22)25-21(26-19)27-10-6-3-7-11-27/h4-5,8-9,14H,2-3,6-7,10-12H2,1H3,(H,23,29)(H3,22,24,25,26,28)/t14-/m1/s1. The number of anilines is 4. The lowest BCUT2D eigenvalue weighted by molar-refractivity contribution is -0.123. The van der Waals surface area contributed by atoms with Crippen molar-refractivity contribution >= 4 is 35.1 Å². The lowest BCUT2D eigenvalue weighted by Gasteiger charge is -2.30. The number of piperidine rings is 1. The predicted molar refractivity (Wildman–Crippen MR) is 113 cm³/mol. The molecule has 4 N–H and O–H groups in total. The average Bonchev–Trinajstić information content (AvgIpc) is 2.73. The number of nitrogen functional groups attached to an aromatic ring is 1. The van der Waals surface area contributed by atoms with Gasteiger partial charge in [0, 0.05) is 25.2 Å². The third-order valence-electron chi connectivity index (χ3n) is 5.57. The number of hydrogen-bond acceptors (Lipinski definition) is 6. The second-order valence-electron chi connectivity index (χ2n) is 7.52. The van der Waals surface area contributed by atoms with E-state index in [1.807, 2.05) is 31.2 Å². The lowest BCUT2D eigenvalue weighted by atomic mass is 9.91. The van der Waals surface area contributed by atoms with E-state index in [1.165, 1.54) is 6.42 Å². The zero-order valence-corrected chi connectivity index (χ0v) is 16.6. The minimum atomic E-state index is -0.723. The number of nitrogens with one attached hydrogen (secondary N) is 2. The number of hydrogen-bond donors (Lipinski definition) is 3. The van der Waals surface area contributed by atoms with Crippen LogP contribution in [0.15, 0.2) is 24.3 Å². The largest absolute Gasteiger partial charge is 0.383 e. The summed E-state index contributed by atoms with van der Waals surface area (Å²) >= 11 is 0. The van der Waals surface area contributed by atoms with Gasteiger partial charge >= 0.3 is 0 Å². The third kappa shape index (κ3) is 3.87. The summed E-state index contributed by atoms with van der Waals surface area (Å²) in [5.74, 6) is -0.136. The Morgan fingerprint density at radius 2 is 2.00 bits per heavy atom. The number of benzene rings is 1. The van der Waals surface area contributed by atoms with Gasteiger partial charge in [-0.2, -0.15) is 9.97 Å². The van der Waals surface area contributed by atoms with Gasteiger partial charge in [0.15, 0.2) is 0 Å². The quantitative estimate of drug-likeness (QED) is 0.735. The Balaban J connectivity index is 1.64. The highest BCUT2D eigenvalue weighted by Gasteiger charge is 2.35. The van der Waals surface area contributed by atoms with Crippen LogP contribution in [0.1, 0.15) is 49.7 Å². The van der Waals surface area contributed by atoms with E-state index in [4.69, 9.17) is 5.73 Å². The number of aromatic nitrogens is 2. The molecule has 2 aliphatic rings. The Kier molecular flexibility index (Phi) is 5.33. The molecule has 1 saturated heterocycles. The van der Waals surface area contributed by atoms with E-state index in [0.717, 1.165) is 43.6 Å². The van der Waals surface area contributed by atoms with E-state index in [-0.39, 0.29) is 24.1 Å². The van der Waals surface area contributed by atoms with E-state index in [1.54, 1.807) is 0 Å². The maximum atomic E-state index is 13.1. The summed E-state index contributed by atoms with van der Waals surface area (Å²) in [6, 6.07) is 7.64. The molecule has 2 aromatic rings. The number of para-hydroxylation sites is 1. The summed E-state index contributed by atoms with van der Waals surface area (Å²) in [6.45, 7) is 3.76. The van der Waals surface area contributed by atoms with Gasteiger partial charge in [0.1, 0.15) is 11.6 Å². The summed E-state index contributed by atoms with van der Waals surface area (Å²) in [5, 5.41) is 5.73. The van der Waals surface area contributed by atoms with Crippen molar-refractivity contribution in [3.63, 3.8) is 0 Å². The fourth-order valence-corrected chi connectivity index (χ4v) is 4.01. The number of fused-ring (bicyclic) bond motifs is 1. The molecule has 8 nitrogen and oxygen atoms in total. The van der Waals surface area contributed by atoms with Gasteiger partial charge in [0.05, 0.1) is 11.5 Å². The first-order valence-corrected chi connectivity index (χ1v) is 10.2. The minimum absolute atomic E-state index is 0.0176. The molecule has 1 aromatic heterocycles. The van der Waals surface area contributed by atoms with Crippen molar-refractivity contribution in [3.05, 3.63) is 35.4 Å². The number of nitrogens with two attached hydrogens (primary N) is 1. The molecule has 3 heterocycles. The molecule has 0 aliphatic carbocycles. The maximum Gasteiger partial charge on any atom is 0.232 e. The summed E-state index contributed by atoms with van der Waals surface area (Å²) in [4.78, 5) is 36.5. The number of rotatable bonds is 4. The summed E-state index contributed by atoms with van der Waals surface area (Å²) < 4.78 is 0. The molecule has 1 fully saturated rings. The van der Waals surface area contributed by atoms with Gasteiger partial charge in [-0.1, -0.05) is 25.1 Å². The summed E-state index contributed by atoms with van der Waals surface area (Å²) in [6.07, 6.45) is 4.16. The first-order chi connectivity index (χ1) is 14.1. The van der Waals surface area contributed by atoms with Crippen molar-refractivity contribution in [3.8, 4) is 0 Å². The van der Waals surface area contributed by atoms with Crippen molar-refractivity contribution in [2.45, 2.75) is 44.9 Å². The molecule has 8 heteroatoms. The molecular weight excluding hydrogens is 368 g/mol. The Labute approximate surface area is 169 Å². The lowest BCUT2D eigenvalue weighted by Crippen LogP contribution is -2.35. The highest BCUT2D eigenvalue weighted by atomic mass is 16.2. The van der Waals surface area contributed by atoms with Gasteiger partial charge in [0.25, 0.3) is 0 Å². The van der Waals surface area contributed by atoms with Gasteiger partial charge < -0.3 is 21.3 Å². The Morgan fingerprint density at radius 1 is 1.24 bits per heavy atom. The smallest absolute Gasteiger partial charge is 0.232 e. The third-order valence-corrected chi connectivity index (χ3v) is 5.57. The summed E-state index contributed by atoms with van der Waals surface area (Å²) in [5.41, 5.74) is 8.54. The van der Waals surface area contributed by atoms with E-state index in [9.17, 15) is 9.59 Å². The molecule has 0 saturated carbocycles. The van der Waals surface area contributed by atoms with Crippen LogP contribution in [0.4, 0.5) is 23.3 Å². The number of amides is 2. The van der Waals surface area contributed by atoms with Crippen LogP contribution in [0.5, 0.6) is 0 Å². The van der Waals surface area contributed by atoms with Crippen molar-refractivity contribution in [2.24, 2.45) is 0 Å². The molecule has 2 aliphatic heterocycles. The molecule has 0 bridgehead atoms. The molecular formula is C21H26N6O2. The van der Waals surface area contributed by atoms with Crippen LogP contribution in [0, 0.1) is 0 Å². The number of aryl methyl sites for hydroxylation is 1. The van der Waals surface area contributed by atoms with Crippen LogP contribution >= 0.6 is 0 Å². The number of nitrogens with zero attached hydrogens (tertiary/aromatic N) is 3. The second-order valence-corrected chi connectivity index (χ2v) is 7.52. The summed E-state index contributed by atoms with van der Waals surface area (Å²) in [7, 11) is 0. The normalized spacial score (nSPS) is 18.7. The molecule has 0 radical (unpaired) electrons. The van der Waals surface area contributed by atoms with E-state index < -0.39 is 5.92 Å². The van der Waals surface area contributed by atoms with Gasteiger partial charge in [-0.25, -0.2) is 0 Å². The molecule has 2 amide bonds. The topological polar surface area (TPSA) is 113 Å². The van der Waals surface area contributed by atoms with Gasteiger partial charge in [-0.15, -0.1) is 0 Å². The molecule has 1 aromatic carbocycles. The Bertz CT molecular complexity index is 939. The van der Waals surface area contributed by atoms with Crippen LogP contribution in [0.25, 0.3) is 0 Å². The second kappa shape index (κ2) is 8.06. The molecule has 0 spiro atoms. The number of carbonyl (C=O) groups excluding carboxylic acids is 2. The molecule has 29 heavy (non-hydrogen) atoms. The van der Waals surface area contributed by atoms with Gasteiger partial charge in [-0.05, 0) is 37.3 Å². The molecule has 152 valence electrons. The maximum absolute atomic E-state index is 13.1. The van der Waals surface area contributed by atoms with Crippen LogP contribution in [0.2, 0.25) is 0 Å². The van der Waals surface area contributed by atoms with Crippen LogP contribution in [-0.2, 0) is 16.0 Å². The number of carbonyl (C=O) groups is 2. The highest BCUT2D eigenvalue weighted by molar-refractivity contribution is 6.05. The minimum Gasteiger partial charge on any atom is -0.383 e. The van der Waals surface area contributed by atoms with E-state index in [2.05, 4.69) is 25.5 Å². The van der Waals surface area contributed by atoms with Crippen LogP contribution in [0.3, 0.4) is 0 Å². The predicted octanol–water partition coefficient (Wildman–Crippen LogP) is 2.68. The fourth-order valence-electron chi connectivity index (χ4n) is 4.01. The Hall–Kier alpha value is -3.16. The van der Waals surface area contributed by atoms with E-state index >= 15 is 0 Å². The van der Waals surface area contributed by atoms with Crippen LogP contribution < -0.4 is 21.3 Å². The Morgan fingerprint density at radius 3 is 2.76 bits per heavy atom. The van der Waals surface area contributed by atoms with Crippen LogP contribution in [-0.4, -0.2) is 34.9 Å². The first-order valence-electron chi connectivity index (χ1n) is 10.2. The highest BCUT2D eigenvalue weighted by Crippen LogP contribution is 2.37. The average molecular weight is 394 g/mol. The van der Waals surface area contributed by atoms with Crippen molar-refractivity contribution in [2.75, 3.05) is 34.4 Å². The molecule has 0 unspecified atom stereocenters. The van der Waals surface area contributed by atoms with E-state index in [0.29, 0.717) is 17.3 Å². The van der Waals surface area contributed by atoms with Gasteiger partial charge in [-0.3, -0.25) is 9.59 Å². The molecule has 4 rings (SSSR count). The monoisotopic (exact) mass is 394 g/mol. The fraction of sp³-hybridized carbons (Fsp3) is 0.429. The molecule has 1 atom stereocenters. The first kappa shape index (κ1) is 19.2. The van der Waals surface area contributed by atoms with Gasteiger partial charge in [0.2, 0.25) is 17.8 Å². The van der Waals surface area contributed by atoms with Crippen molar-refractivity contribution < 1.29 is 9.59 Å². The van der Waals surface area contributed by atoms with Crippen molar-refractivity contribution in [1.82, 2.24) is 9.97 Å². The zero-order valence-electron chi connectivity index (χ0n) is 16.6.